The molecule has 1 heterocycles. The molecule has 0 radical (unpaired) electrons. The van der Waals surface area contributed by atoms with Crippen molar-refractivity contribution in [2.75, 3.05) is 0 Å². The molecule has 0 spiro atoms. The van der Waals surface area contributed by atoms with Gasteiger partial charge in [-0.2, -0.15) is 4.99 Å². The smallest absolute Gasteiger partial charge is 0.434 e. The van der Waals surface area contributed by atoms with Gasteiger partial charge < -0.3 is 9.30 Å². The lowest BCUT2D eigenvalue weighted by Gasteiger charge is -2.11. The number of rotatable bonds is 1. The number of hydrogen-bond donors (Lipinski definition) is 0. The molecule has 1 amide bonds. The van der Waals surface area contributed by atoms with Crippen LogP contribution in [0.2, 0.25) is 0 Å². The SMILES string of the molecule is CC(C)OC(=O)N=c1c2ccccc2n(C)c2ccccc12. The van der Waals surface area contributed by atoms with Gasteiger partial charge in [-0.3, -0.25) is 0 Å². The van der Waals surface area contributed by atoms with Crippen molar-refractivity contribution in [3.05, 3.63) is 53.9 Å². The minimum Gasteiger partial charge on any atom is -0.445 e. The van der Waals surface area contributed by atoms with E-state index in [4.69, 9.17) is 4.74 Å². The predicted molar refractivity (Wildman–Crippen MR) is 87.6 cm³/mol. The third kappa shape index (κ3) is 2.48. The lowest BCUT2D eigenvalue weighted by molar-refractivity contribution is 0.125. The van der Waals surface area contributed by atoms with Crippen molar-refractivity contribution in [2.45, 2.75) is 20.0 Å². The first-order valence-corrected chi connectivity index (χ1v) is 7.29. The van der Waals surface area contributed by atoms with Crippen molar-refractivity contribution in [1.82, 2.24) is 4.57 Å². The normalized spacial score (nSPS) is 11.1. The Morgan fingerprint density at radius 2 is 1.50 bits per heavy atom. The van der Waals surface area contributed by atoms with E-state index in [1.54, 1.807) is 0 Å². The van der Waals surface area contributed by atoms with E-state index in [1.807, 2.05) is 69.4 Å². The van der Waals surface area contributed by atoms with Gasteiger partial charge in [0.15, 0.2) is 0 Å². The summed E-state index contributed by atoms with van der Waals surface area (Å²) < 4.78 is 7.28. The van der Waals surface area contributed by atoms with Crippen LogP contribution in [0.4, 0.5) is 4.79 Å². The van der Waals surface area contributed by atoms with Gasteiger partial charge in [0.25, 0.3) is 0 Å². The van der Waals surface area contributed by atoms with Gasteiger partial charge in [-0.25, -0.2) is 4.79 Å². The monoisotopic (exact) mass is 294 g/mol. The Kier molecular flexibility index (Phi) is 3.67. The molecule has 22 heavy (non-hydrogen) atoms. The Hall–Kier alpha value is -2.62. The molecule has 0 saturated heterocycles. The number of pyridine rings is 1. The van der Waals surface area contributed by atoms with E-state index in [9.17, 15) is 4.79 Å². The van der Waals surface area contributed by atoms with E-state index >= 15 is 0 Å². The van der Waals surface area contributed by atoms with Gasteiger partial charge in [-0.15, -0.1) is 0 Å². The van der Waals surface area contributed by atoms with Crippen LogP contribution in [0.5, 0.6) is 0 Å². The number of para-hydroxylation sites is 2. The number of carbonyl (C=O) groups excluding carboxylic acids is 1. The number of nitrogens with zero attached hydrogens (tertiary/aromatic N) is 2. The van der Waals surface area contributed by atoms with Gasteiger partial charge in [0.2, 0.25) is 0 Å². The highest BCUT2D eigenvalue weighted by Crippen LogP contribution is 2.17. The molecule has 0 aliphatic heterocycles. The number of hydrogen-bond acceptors (Lipinski definition) is 2. The van der Waals surface area contributed by atoms with Crippen LogP contribution in [0, 0.1) is 0 Å². The molecular formula is C18H18N2O2. The van der Waals surface area contributed by atoms with Crippen LogP contribution in [0.3, 0.4) is 0 Å². The number of amides is 1. The number of carbonyl (C=O) groups is 1. The quantitative estimate of drug-likeness (QED) is 0.641. The van der Waals surface area contributed by atoms with Crippen LogP contribution < -0.4 is 5.36 Å². The zero-order valence-electron chi connectivity index (χ0n) is 12.9. The van der Waals surface area contributed by atoms with E-state index < -0.39 is 6.09 Å². The highest BCUT2D eigenvalue weighted by atomic mass is 16.6. The van der Waals surface area contributed by atoms with Crippen LogP contribution in [-0.4, -0.2) is 16.8 Å². The molecule has 0 aliphatic carbocycles. The third-order valence-corrected chi connectivity index (χ3v) is 3.58. The average molecular weight is 294 g/mol. The molecule has 3 aromatic rings. The van der Waals surface area contributed by atoms with Gasteiger partial charge in [0, 0.05) is 17.8 Å². The zero-order valence-corrected chi connectivity index (χ0v) is 12.9. The maximum atomic E-state index is 12.0. The Morgan fingerprint density at radius 1 is 1.00 bits per heavy atom. The summed E-state index contributed by atoms with van der Waals surface area (Å²) in [6.07, 6.45) is -0.743. The molecular weight excluding hydrogens is 276 g/mol. The summed E-state index contributed by atoms with van der Waals surface area (Å²) in [6, 6.07) is 15.9. The standard InChI is InChI=1S/C18H18N2O2/c1-12(2)22-18(21)19-17-13-8-4-6-10-15(13)20(3)16-11-7-5-9-14(16)17/h4-12H,1-3H3. The fraction of sp³-hybridized carbons (Fsp3) is 0.222. The van der Waals surface area contributed by atoms with Crippen LogP contribution in [0.15, 0.2) is 53.5 Å². The highest BCUT2D eigenvalue weighted by Gasteiger charge is 2.09. The minimum atomic E-state index is -0.556. The minimum absolute atomic E-state index is 0.186. The largest absolute Gasteiger partial charge is 0.445 e. The summed E-state index contributed by atoms with van der Waals surface area (Å²) in [6.45, 7) is 3.63. The van der Waals surface area contributed by atoms with Crippen molar-refractivity contribution in [3.8, 4) is 0 Å². The molecule has 112 valence electrons. The maximum absolute atomic E-state index is 12.0. The average Bonchev–Trinajstić information content (AvgIpc) is 2.51. The van der Waals surface area contributed by atoms with E-state index in [1.165, 1.54) is 0 Å². The van der Waals surface area contributed by atoms with Crippen molar-refractivity contribution in [3.63, 3.8) is 0 Å². The lowest BCUT2D eigenvalue weighted by Crippen LogP contribution is -2.15. The summed E-state index contributed by atoms with van der Waals surface area (Å²) in [7, 11) is 2.01. The summed E-state index contributed by atoms with van der Waals surface area (Å²) in [5, 5.41) is 2.53. The van der Waals surface area contributed by atoms with Crippen molar-refractivity contribution >= 4 is 27.9 Å². The molecule has 0 atom stereocenters. The van der Waals surface area contributed by atoms with E-state index in [2.05, 4.69) is 9.56 Å². The maximum Gasteiger partial charge on any atom is 0.434 e. The molecule has 0 unspecified atom stereocenters. The summed E-state index contributed by atoms with van der Waals surface area (Å²) >= 11 is 0. The fourth-order valence-corrected chi connectivity index (χ4v) is 2.65. The first-order valence-electron chi connectivity index (χ1n) is 7.29. The van der Waals surface area contributed by atoms with E-state index in [-0.39, 0.29) is 6.10 Å². The van der Waals surface area contributed by atoms with Crippen molar-refractivity contribution in [2.24, 2.45) is 12.0 Å². The molecule has 0 bridgehead atoms. The summed E-state index contributed by atoms with van der Waals surface area (Å²) in [5.74, 6) is 0. The number of aromatic nitrogens is 1. The Labute approximate surface area is 128 Å². The molecule has 0 aliphatic rings. The molecule has 1 aromatic heterocycles. The topological polar surface area (TPSA) is 43.6 Å². The molecule has 3 rings (SSSR count). The number of fused-ring (bicyclic) bond motifs is 2. The first-order chi connectivity index (χ1) is 10.6. The summed E-state index contributed by atoms with van der Waals surface area (Å²) in [4.78, 5) is 16.2. The Morgan fingerprint density at radius 3 is 2.00 bits per heavy atom. The first kappa shape index (κ1) is 14.3. The van der Waals surface area contributed by atoms with Crippen LogP contribution in [-0.2, 0) is 11.8 Å². The molecule has 0 fully saturated rings. The second-order valence-electron chi connectivity index (χ2n) is 5.49. The van der Waals surface area contributed by atoms with Gasteiger partial charge in [0.1, 0.15) is 0 Å². The molecule has 0 saturated carbocycles. The predicted octanol–water partition coefficient (Wildman–Crippen LogP) is 3.78. The van der Waals surface area contributed by atoms with Crippen LogP contribution in [0.1, 0.15) is 13.8 Å². The van der Waals surface area contributed by atoms with Gasteiger partial charge in [0.05, 0.1) is 22.5 Å². The van der Waals surface area contributed by atoms with Gasteiger partial charge >= 0.3 is 6.09 Å². The zero-order chi connectivity index (χ0) is 15.7. The number of ether oxygens (including phenoxy) is 1. The molecule has 0 N–H and O–H groups in total. The van der Waals surface area contributed by atoms with Crippen LogP contribution in [0.25, 0.3) is 21.8 Å². The van der Waals surface area contributed by atoms with E-state index in [0.717, 1.165) is 21.8 Å². The molecule has 4 heteroatoms. The van der Waals surface area contributed by atoms with Gasteiger partial charge in [-0.05, 0) is 26.0 Å². The van der Waals surface area contributed by atoms with Gasteiger partial charge in [-0.1, -0.05) is 36.4 Å². The fourth-order valence-electron chi connectivity index (χ4n) is 2.65. The summed E-state index contributed by atoms with van der Waals surface area (Å²) in [5.41, 5.74) is 2.05. The lowest BCUT2D eigenvalue weighted by atomic mass is 10.1. The highest BCUT2D eigenvalue weighted by molar-refractivity contribution is 5.94. The second kappa shape index (κ2) is 5.64. The number of benzene rings is 2. The Balaban J connectivity index is 2.42. The molecule has 2 aromatic carbocycles. The Bertz CT molecular complexity index is 863. The molecule has 4 nitrogen and oxygen atoms in total. The van der Waals surface area contributed by atoms with Crippen molar-refractivity contribution < 1.29 is 9.53 Å². The number of aryl methyl sites for hydroxylation is 1. The second-order valence-corrected chi connectivity index (χ2v) is 5.49. The van der Waals surface area contributed by atoms with E-state index in [0.29, 0.717) is 5.36 Å². The third-order valence-electron chi connectivity index (χ3n) is 3.58. The van der Waals surface area contributed by atoms with Crippen molar-refractivity contribution in [1.29, 1.82) is 0 Å². The van der Waals surface area contributed by atoms with Crippen LogP contribution >= 0.6 is 0 Å².